The van der Waals surface area contributed by atoms with Crippen LogP contribution in [0.25, 0.3) is 0 Å². The van der Waals surface area contributed by atoms with Gasteiger partial charge in [0, 0.05) is 6.04 Å². The predicted octanol–water partition coefficient (Wildman–Crippen LogP) is 2.95. The van der Waals surface area contributed by atoms with Crippen LogP contribution in [0, 0.1) is 0 Å². The highest BCUT2D eigenvalue weighted by Gasteiger charge is 2.18. The van der Waals surface area contributed by atoms with Gasteiger partial charge in [0.05, 0.1) is 18.2 Å². The van der Waals surface area contributed by atoms with E-state index in [1.54, 1.807) is 25.3 Å². The molecule has 0 bridgehead atoms. The molecule has 2 atom stereocenters. The van der Waals surface area contributed by atoms with Crippen molar-refractivity contribution in [3.8, 4) is 5.75 Å². The van der Waals surface area contributed by atoms with Crippen molar-refractivity contribution in [1.29, 1.82) is 0 Å². The lowest BCUT2D eigenvalue weighted by atomic mass is 9.97. The quantitative estimate of drug-likeness (QED) is 0.890. The number of methoxy groups -OCH3 is 1. The first kappa shape index (κ1) is 14.9. The van der Waals surface area contributed by atoms with Gasteiger partial charge in [0.15, 0.2) is 0 Å². The van der Waals surface area contributed by atoms with Gasteiger partial charge in [0.1, 0.15) is 5.75 Å². The topological polar surface area (TPSA) is 55.5 Å². The molecule has 0 saturated carbocycles. The van der Waals surface area contributed by atoms with Gasteiger partial charge in [-0.15, -0.1) is 0 Å². The van der Waals surface area contributed by atoms with Crippen LogP contribution in [0.5, 0.6) is 5.75 Å². The summed E-state index contributed by atoms with van der Waals surface area (Å²) in [6, 6.07) is 14.7. The van der Waals surface area contributed by atoms with Crippen LogP contribution < -0.4 is 10.5 Å². The second-order valence-corrected chi connectivity index (χ2v) is 5.10. The Balaban J connectivity index is 2.10. The van der Waals surface area contributed by atoms with Crippen molar-refractivity contribution in [1.82, 2.24) is 0 Å². The summed E-state index contributed by atoms with van der Waals surface area (Å²) in [5.74, 6) is 0.583. The Labute approximate surface area is 123 Å². The molecule has 2 unspecified atom stereocenters. The van der Waals surface area contributed by atoms with E-state index in [0.29, 0.717) is 22.8 Å². The van der Waals surface area contributed by atoms with Crippen LogP contribution in [-0.2, 0) is 6.42 Å². The summed E-state index contributed by atoms with van der Waals surface area (Å²) in [7, 11) is 1.55. The number of aliphatic hydroxyl groups is 1. The monoisotopic (exact) mass is 291 g/mol. The molecule has 3 nitrogen and oxygen atoms in total. The molecule has 0 fully saturated rings. The third-order valence-electron chi connectivity index (χ3n) is 3.24. The van der Waals surface area contributed by atoms with Gasteiger partial charge < -0.3 is 15.6 Å². The van der Waals surface area contributed by atoms with Crippen LogP contribution in [0.4, 0.5) is 0 Å². The summed E-state index contributed by atoms with van der Waals surface area (Å²) in [6.45, 7) is 0. The fourth-order valence-electron chi connectivity index (χ4n) is 2.11. The summed E-state index contributed by atoms with van der Waals surface area (Å²) in [5.41, 5.74) is 7.87. The number of rotatable bonds is 5. The Hall–Kier alpha value is -1.55. The van der Waals surface area contributed by atoms with Crippen LogP contribution in [-0.4, -0.2) is 18.3 Å². The van der Waals surface area contributed by atoms with Gasteiger partial charge in [0.2, 0.25) is 0 Å². The molecule has 0 aromatic heterocycles. The van der Waals surface area contributed by atoms with Crippen LogP contribution in [0.1, 0.15) is 17.2 Å². The maximum absolute atomic E-state index is 10.3. The lowest BCUT2D eigenvalue weighted by molar-refractivity contribution is 0.146. The molecule has 0 amide bonds. The van der Waals surface area contributed by atoms with Crippen molar-refractivity contribution in [2.24, 2.45) is 5.73 Å². The van der Waals surface area contributed by atoms with Crippen molar-refractivity contribution in [3.63, 3.8) is 0 Å². The first-order valence-corrected chi connectivity index (χ1v) is 6.80. The van der Waals surface area contributed by atoms with Gasteiger partial charge in [-0.2, -0.15) is 0 Å². The van der Waals surface area contributed by atoms with Crippen LogP contribution in [0.15, 0.2) is 48.5 Å². The average molecular weight is 292 g/mol. The number of aliphatic hydroxyl groups excluding tert-OH is 1. The van der Waals surface area contributed by atoms with Crippen molar-refractivity contribution in [2.45, 2.75) is 18.6 Å². The molecule has 106 valence electrons. The molecule has 0 spiro atoms. The maximum atomic E-state index is 10.3. The van der Waals surface area contributed by atoms with Crippen molar-refractivity contribution in [3.05, 3.63) is 64.7 Å². The largest absolute Gasteiger partial charge is 0.495 e. The molecule has 0 saturated heterocycles. The van der Waals surface area contributed by atoms with Crippen molar-refractivity contribution >= 4 is 11.6 Å². The molecule has 4 heteroatoms. The minimum atomic E-state index is -0.765. The van der Waals surface area contributed by atoms with E-state index in [4.69, 9.17) is 22.1 Å². The number of benzene rings is 2. The maximum Gasteiger partial charge on any atom is 0.137 e. The summed E-state index contributed by atoms with van der Waals surface area (Å²) in [4.78, 5) is 0. The highest BCUT2D eigenvalue weighted by atomic mass is 35.5. The van der Waals surface area contributed by atoms with E-state index < -0.39 is 6.10 Å². The van der Waals surface area contributed by atoms with Gasteiger partial charge in [0.25, 0.3) is 0 Å². The summed E-state index contributed by atoms with van der Waals surface area (Å²) in [5, 5.41) is 10.8. The number of nitrogens with two attached hydrogens (primary N) is 1. The van der Waals surface area contributed by atoms with E-state index in [-0.39, 0.29) is 6.04 Å². The molecule has 2 aromatic carbocycles. The van der Waals surface area contributed by atoms with Gasteiger partial charge in [-0.1, -0.05) is 48.0 Å². The fraction of sp³-hybridized carbons (Fsp3) is 0.250. The van der Waals surface area contributed by atoms with Crippen molar-refractivity contribution in [2.75, 3.05) is 7.11 Å². The standard InChI is InChI=1S/C16H18ClNO2/c1-20-15-8-7-12(10-13(15)17)16(19)14(18)9-11-5-3-2-4-6-11/h2-8,10,14,16,19H,9,18H2,1H3. The molecule has 0 aliphatic carbocycles. The highest BCUT2D eigenvalue weighted by Crippen LogP contribution is 2.28. The Morgan fingerprint density at radius 2 is 1.90 bits per heavy atom. The van der Waals surface area contributed by atoms with E-state index in [0.717, 1.165) is 5.56 Å². The Kier molecular flexibility index (Phi) is 5.01. The second kappa shape index (κ2) is 6.75. The molecular weight excluding hydrogens is 274 g/mol. The molecule has 0 aliphatic rings. The number of hydrogen-bond donors (Lipinski definition) is 2. The van der Waals surface area contributed by atoms with Gasteiger partial charge in [-0.05, 0) is 29.7 Å². The molecule has 2 aromatic rings. The third kappa shape index (κ3) is 3.51. The highest BCUT2D eigenvalue weighted by molar-refractivity contribution is 6.32. The lowest BCUT2D eigenvalue weighted by Crippen LogP contribution is -2.30. The zero-order valence-electron chi connectivity index (χ0n) is 11.3. The van der Waals surface area contributed by atoms with Crippen LogP contribution in [0.3, 0.4) is 0 Å². The molecule has 0 heterocycles. The Bertz CT molecular complexity index is 560. The van der Waals surface area contributed by atoms with E-state index in [1.807, 2.05) is 30.3 Å². The van der Waals surface area contributed by atoms with E-state index in [1.165, 1.54) is 0 Å². The van der Waals surface area contributed by atoms with Gasteiger partial charge in [-0.25, -0.2) is 0 Å². The second-order valence-electron chi connectivity index (χ2n) is 4.69. The predicted molar refractivity (Wildman–Crippen MR) is 81.1 cm³/mol. The molecule has 0 radical (unpaired) electrons. The SMILES string of the molecule is COc1ccc(C(O)C(N)Cc2ccccc2)cc1Cl. The minimum absolute atomic E-state index is 0.387. The van der Waals surface area contributed by atoms with Gasteiger partial charge >= 0.3 is 0 Å². The summed E-state index contributed by atoms with van der Waals surface area (Å²) < 4.78 is 5.09. The van der Waals surface area contributed by atoms with Gasteiger partial charge in [-0.3, -0.25) is 0 Å². The third-order valence-corrected chi connectivity index (χ3v) is 3.53. The lowest BCUT2D eigenvalue weighted by Gasteiger charge is -2.20. The zero-order chi connectivity index (χ0) is 14.5. The smallest absolute Gasteiger partial charge is 0.137 e. The number of hydrogen-bond acceptors (Lipinski definition) is 3. The Morgan fingerprint density at radius 3 is 2.50 bits per heavy atom. The molecule has 2 rings (SSSR count). The number of halogens is 1. The van der Waals surface area contributed by atoms with E-state index in [9.17, 15) is 5.11 Å². The van der Waals surface area contributed by atoms with Crippen LogP contribution >= 0.6 is 11.6 Å². The van der Waals surface area contributed by atoms with E-state index >= 15 is 0 Å². The summed E-state index contributed by atoms with van der Waals surface area (Å²) in [6.07, 6.45) is -0.162. The molecular formula is C16H18ClNO2. The first-order valence-electron chi connectivity index (χ1n) is 6.43. The first-order chi connectivity index (χ1) is 9.61. The Morgan fingerprint density at radius 1 is 1.20 bits per heavy atom. The molecule has 0 aliphatic heterocycles. The summed E-state index contributed by atoms with van der Waals surface area (Å²) >= 11 is 6.06. The normalized spacial score (nSPS) is 13.8. The number of ether oxygens (including phenoxy) is 1. The average Bonchev–Trinajstić information content (AvgIpc) is 2.47. The van der Waals surface area contributed by atoms with E-state index in [2.05, 4.69) is 0 Å². The molecule has 20 heavy (non-hydrogen) atoms. The zero-order valence-corrected chi connectivity index (χ0v) is 12.0. The minimum Gasteiger partial charge on any atom is -0.495 e. The van der Waals surface area contributed by atoms with Crippen LogP contribution in [0.2, 0.25) is 5.02 Å². The van der Waals surface area contributed by atoms with Crippen molar-refractivity contribution < 1.29 is 9.84 Å². The fourth-order valence-corrected chi connectivity index (χ4v) is 2.38. The molecule has 3 N–H and O–H groups in total.